The van der Waals surface area contributed by atoms with Gasteiger partial charge in [0.05, 0.1) is 25.3 Å². The summed E-state index contributed by atoms with van der Waals surface area (Å²) in [6.45, 7) is 4.84. The van der Waals surface area contributed by atoms with Gasteiger partial charge >= 0.3 is 0 Å². The van der Waals surface area contributed by atoms with Crippen LogP contribution >= 0.6 is 12.4 Å². The minimum absolute atomic E-state index is 0. The molecule has 0 spiro atoms. The van der Waals surface area contributed by atoms with Crippen molar-refractivity contribution in [3.8, 4) is 5.75 Å². The molecule has 0 radical (unpaired) electrons. The quantitative estimate of drug-likeness (QED) is 0.876. The fourth-order valence-corrected chi connectivity index (χ4v) is 2.44. The second kappa shape index (κ2) is 8.60. The maximum atomic E-state index is 12.7. The minimum atomic E-state index is -0.0683. The Morgan fingerprint density at radius 2 is 2.13 bits per heavy atom. The molecule has 6 heteroatoms. The highest BCUT2D eigenvalue weighted by atomic mass is 35.5. The summed E-state index contributed by atoms with van der Waals surface area (Å²) < 4.78 is 10.5. The predicted molar refractivity (Wildman–Crippen MR) is 92.0 cm³/mol. The third kappa shape index (κ3) is 4.27. The molecular weight excluding hydrogens is 316 g/mol. The van der Waals surface area contributed by atoms with Gasteiger partial charge in [0.1, 0.15) is 17.8 Å². The van der Waals surface area contributed by atoms with Crippen LogP contribution < -0.4 is 10.5 Å². The molecule has 0 saturated carbocycles. The third-order valence-corrected chi connectivity index (χ3v) is 3.75. The molecule has 0 saturated heterocycles. The maximum absolute atomic E-state index is 12.7. The monoisotopic (exact) mass is 338 g/mol. The van der Waals surface area contributed by atoms with E-state index in [9.17, 15) is 4.79 Å². The molecule has 23 heavy (non-hydrogen) atoms. The van der Waals surface area contributed by atoms with Crippen LogP contribution in [0.25, 0.3) is 0 Å². The van der Waals surface area contributed by atoms with E-state index in [1.54, 1.807) is 18.1 Å². The summed E-state index contributed by atoms with van der Waals surface area (Å²) in [6.07, 6.45) is 1.46. The number of amides is 1. The summed E-state index contributed by atoms with van der Waals surface area (Å²) in [5.74, 6) is 1.32. The van der Waals surface area contributed by atoms with Gasteiger partial charge in [-0.3, -0.25) is 4.79 Å². The van der Waals surface area contributed by atoms with Gasteiger partial charge in [0.15, 0.2) is 0 Å². The van der Waals surface area contributed by atoms with Crippen molar-refractivity contribution in [1.82, 2.24) is 4.90 Å². The molecule has 2 N–H and O–H groups in total. The van der Waals surface area contributed by atoms with E-state index < -0.39 is 0 Å². The standard InChI is InChI=1S/C17H22N2O3.ClH/c1-4-19(17(20)14-9-16(10-18)22-11-14)12(2)13-6-5-7-15(8-13)21-3;/h5-9,11-12H,4,10,18H2,1-3H3;1H. The Bertz CT molecular complexity index is 642. The Morgan fingerprint density at radius 3 is 2.70 bits per heavy atom. The molecule has 1 unspecified atom stereocenters. The van der Waals surface area contributed by atoms with E-state index in [1.807, 2.05) is 38.1 Å². The van der Waals surface area contributed by atoms with Crippen molar-refractivity contribution in [3.63, 3.8) is 0 Å². The second-order valence-electron chi connectivity index (χ2n) is 5.05. The van der Waals surface area contributed by atoms with E-state index in [1.165, 1.54) is 6.26 Å². The summed E-state index contributed by atoms with van der Waals surface area (Å²) in [6, 6.07) is 9.38. The average Bonchev–Trinajstić information content (AvgIpc) is 3.04. The Hall–Kier alpha value is -1.98. The largest absolute Gasteiger partial charge is 0.497 e. The van der Waals surface area contributed by atoms with Gasteiger partial charge in [-0.25, -0.2) is 0 Å². The van der Waals surface area contributed by atoms with Crippen molar-refractivity contribution in [2.75, 3.05) is 13.7 Å². The number of rotatable bonds is 6. The van der Waals surface area contributed by atoms with Crippen molar-refractivity contribution in [3.05, 3.63) is 53.5 Å². The Kier molecular flexibility index (Phi) is 7.13. The number of ether oxygens (including phenoxy) is 1. The van der Waals surface area contributed by atoms with E-state index in [0.29, 0.717) is 17.9 Å². The van der Waals surface area contributed by atoms with Crippen LogP contribution in [0.1, 0.15) is 41.6 Å². The van der Waals surface area contributed by atoms with Gasteiger partial charge in [0.25, 0.3) is 5.91 Å². The van der Waals surface area contributed by atoms with Crippen LogP contribution in [0.2, 0.25) is 0 Å². The van der Waals surface area contributed by atoms with Gasteiger partial charge in [-0.2, -0.15) is 0 Å². The van der Waals surface area contributed by atoms with Crippen LogP contribution in [0.15, 0.2) is 41.0 Å². The smallest absolute Gasteiger partial charge is 0.257 e. The number of carbonyl (C=O) groups excluding carboxylic acids is 1. The number of halogens is 1. The number of carbonyl (C=O) groups is 1. The lowest BCUT2D eigenvalue weighted by atomic mass is 10.1. The van der Waals surface area contributed by atoms with Crippen LogP contribution in [0.3, 0.4) is 0 Å². The fourth-order valence-electron chi connectivity index (χ4n) is 2.44. The summed E-state index contributed by atoms with van der Waals surface area (Å²) in [5.41, 5.74) is 7.07. The van der Waals surface area contributed by atoms with Crippen LogP contribution in [0, 0.1) is 0 Å². The average molecular weight is 339 g/mol. The van der Waals surface area contributed by atoms with Crippen molar-refractivity contribution in [2.24, 2.45) is 5.73 Å². The molecule has 0 fully saturated rings. The summed E-state index contributed by atoms with van der Waals surface area (Å²) in [5, 5.41) is 0. The fraction of sp³-hybridized carbons (Fsp3) is 0.353. The molecule has 126 valence electrons. The first-order valence-corrected chi connectivity index (χ1v) is 7.33. The molecule has 1 aromatic heterocycles. The molecule has 1 amide bonds. The van der Waals surface area contributed by atoms with Gasteiger partial charge in [-0.05, 0) is 37.6 Å². The third-order valence-electron chi connectivity index (χ3n) is 3.75. The molecule has 0 bridgehead atoms. The molecule has 1 heterocycles. The van der Waals surface area contributed by atoms with E-state index >= 15 is 0 Å². The van der Waals surface area contributed by atoms with Gasteiger partial charge in [-0.15, -0.1) is 12.4 Å². The van der Waals surface area contributed by atoms with Crippen LogP contribution in [-0.4, -0.2) is 24.5 Å². The first-order valence-electron chi connectivity index (χ1n) is 7.33. The number of benzene rings is 1. The van der Waals surface area contributed by atoms with Crippen molar-refractivity contribution >= 4 is 18.3 Å². The molecule has 0 aliphatic carbocycles. The number of nitrogens with zero attached hydrogens (tertiary/aromatic N) is 1. The zero-order valence-corrected chi connectivity index (χ0v) is 14.4. The Balaban J connectivity index is 0.00000264. The van der Waals surface area contributed by atoms with Crippen molar-refractivity contribution in [2.45, 2.75) is 26.4 Å². The van der Waals surface area contributed by atoms with Gasteiger partial charge < -0.3 is 19.8 Å². The lowest BCUT2D eigenvalue weighted by Gasteiger charge is -2.28. The van der Waals surface area contributed by atoms with E-state index in [4.69, 9.17) is 14.9 Å². The summed E-state index contributed by atoms with van der Waals surface area (Å²) in [4.78, 5) is 14.5. The molecular formula is C17H23ClN2O3. The van der Waals surface area contributed by atoms with E-state index in [0.717, 1.165) is 11.3 Å². The second-order valence-corrected chi connectivity index (χ2v) is 5.05. The van der Waals surface area contributed by atoms with Crippen LogP contribution in [-0.2, 0) is 6.54 Å². The highest BCUT2D eigenvalue weighted by Crippen LogP contribution is 2.25. The summed E-state index contributed by atoms with van der Waals surface area (Å²) >= 11 is 0. The van der Waals surface area contributed by atoms with E-state index in [2.05, 4.69) is 0 Å². The number of nitrogens with two attached hydrogens (primary N) is 1. The summed E-state index contributed by atoms with van der Waals surface area (Å²) in [7, 11) is 1.63. The lowest BCUT2D eigenvalue weighted by Crippen LogP contribution is -2.33. The first kappa shape index (κ1) is 19.1. The zero-order chi connectivity index (χ0) is 16.1. The first-order chi connectivity index (χ1) is 10.6. The van der Waals surface area contributed by atoms with Crippen LogP contribution in [0.5, 0.6) is 5.75 Å². The van der Waals surface area contributed by atoms with Crippen molar-refractivity contribution < 1.29 is 13.9 Å². The number of methoxy groups -OCH3 is 1. The van der Waals surface area contributed by atoms with Gasteiger partial charge in [0, 0.05) is 6.54 Å². The molecule has 1 atom stereocenters. The lowest BCUT2D eigenvalue weighted by molar-refractivity contribution is 0.0701. The van der Waals surface area contributed by atoms with E-state index in [-0.39, 0.29) is 30.9 Å². The highest BCUT2D eigenvalue weighted by molar-refractivity contribution is 5.94. The SMILES string of the molecule is CCN(C(=O)c1coc(CN)c1)C(C)c1cccc(OC)c1.Cl. The highest BCUT2D eigenvalue weighted by Gasteiger charge is 2.23. The number of hydrogen-bond donors (Lipinski definition) is 1. The predicted octanol–water partition coefficient (Wildman–Crippen LogP) is 3.39. The molecule has 1 aromatic carbocycles. The molecule has 0 aliphatic heterocycles. The maximum Gasteiger partial charge on any atom is 0.257 e. The van der Waals surface area contributed by atoms with Crippen molar-refractivity contribution in [1.29, 1.82) is 0 Å². The molecule has 0 aliphatic rings. The molecule has 5 nitrogen and oxygen atoms in total. The van der Waals surface area contributed by atoms with Crippen LogP contribution in [0.4, 0.5) is 0 Å². The normalized spacial score (nSPS) is 11.5. The minimum Gasteiger partial charge on any atom is -0.497 e. The van der Waals surface area contributed by atoms with Gasteiger partial charge in [0.2, 0.25) is 0 Å². The number of furan rings is 1. The molecule has 2 rings (SSSR count). The van der Waals surface area contributed by atoms with Gasteiger partial charge in [-0.1, -0.05) is 12.1 Å². The number of hydrogen-bond acceptors (Lipinski definition) is 4. The Morgan fingerprint density at radius 1 is 1.39 bits per heavy atom. The Labute approximate surface area is 142 Å². The molecule has 2 aromatic rings. The topological polar surface area (TPSA) is 68.7 Å². The zero-order valence-electron chi connectivity index (χ0n) is 13.6.